The van der Waals surface area contributed by atoms with Crippen molar-refractivity contribution >= 4 is 28.5 Å². The predicted octanol–water partition coefficient (Wildman–Crippen LogP) is 4.40. The van der Waals surface area contributed by atoms with Gasteiger partial charge in [-0.1, -0.05) is 0 Å². The van der Waals surface area contributed by atoms with Crippen LogP contribution in [0.4, 0.5) is 0 Å². The zero-order valence-corrected chi connectivity index (χ0v) is 12.9. The standard InChI is InChI=1S/C15H18OS2/c1-9-7-17-14(11(9)3)5-13(16)6-15-12(4)10(2)8-18-15/h7-8H,5-6H2,1-4H3. The minimum absolute atomic E-state index is 0.324. The smallest absolute Gasteiger partial charge is 0.143 e. The highest BCUT2D eigenvalue weighted by atomic mass is 32.1. The molecule has 18 heavy (non-hydrogen) atoms. The third-order valence-electron chi connectivity index (χ3n) is 3.49. The lowest BCUT2D eigenvalue weighted by atomic mass is 10.1. The van der Waals surface area contributed by atoms with Crippen molar-refractivity contribution in [3.8, 4) is 0 Å². The normalized spacial score (nSPS) is 10.9. The van der Waals surface area contributed by atoms with Crippen molar-refractivity contribution in [1.29, 1.82) is 0 Å². The summed E-state index contributed by atoms with van der Waals surface area (Å²) in [4.78, 5) is 14.6. The van der Waals surface area contributed by atoms with E-state index in [9.17, 15) is 4.79 Å². The van der Waals surface area contributed by atoms with Gasteiger partial charge in [0.25, 0.3) is 0 Å². The number of carbonyl (C=O) groups is 1. The van der Waals surface area contributed by atoms with Crippen molar-refractivity contribution in [1.82, 2.24) is 0 Å². The van der Waals surface area contributed by atoms with Crippen LogP contribution >= 0.6 is 22.7 Å². The summed E-state index contributed by atoms with van der Waals surface area (Å²) in [5, 5.41) is 4.27. The molecule has 2 heterocycles. The third-order valence-corrected chi connectivity index (χ3v) is 5.90. The van der Waals surface area contributed by atoms with Gasteiger partial charge in [-0.05, 0) is 60.7 Å². The van der Waals surface area contributed by atoms with Crippen molar-refractivity contribution in [2.75, 3.05) is 0 Å². The van der Waals surface area contributed by atoms with Gasteiger partial charge >= 0.3 is 0 Å². The van der Waals surface area contributed by atoms with E-state index in [-0.39, 0.29) is 0 Å². The Bertz CT molecular complexity index is 525. The molecule has 0 radical (unpaired) electrons. The van der Waals surface area contributed by atoms with Gasteiger partial charge in [0.05, 0.1) is 0 Å². The number of rotatable bonds is 4. The molecule has 2 rings (SSSR count). The van der Waals surface area contributed by atoms with E-state index in [0.29, 0.717) is 18.6 Å². The lowest BCUT2D eigenvalue weighted by Crippen LogP contribution is -2.06. The van der Waals surface area contributed by atoms with Gasteiger partial charge in [0.2, 0.25) is 0 Å². The first-order valence-electron chi connectivity index (χ1n) is 6.08. The lowest BCUT2D eigenvalue weighted by molar-refractivity contribution is -0.117. The lowest BCUT2D eigenvalue weighted by Gasteiger charge is -2.01. The predicted molar refractivity (Wildman–Crippen MR) is 80.0 cm³/mol. The molecule has 0 aliphatic carbocycles. The Balaban J connectivity index is 2.05. The van der Waals surface area contributed by atoms with Gasteiger partial charge in [0, 0.05) is 22.6 Å². The van der Waals surface area contributed by atoms with Crippen LogP contribution in [0.3, 0.4) is 0 Å². The highest BCUT2D eigenvalue weighted by Crippen LogP contribution is 2.24. The van der Waals surface area contributed by atoms with Crippen LogP contribution in [0.2, 0.25) is 0 Å². The van der Waals surface area contributed by atoms with E-state index in [4.69, 9.17) is 0 Å². The molecule has 0 unspecified atom stereocenters. The van der Waals surface area contributed by atoms with E-state index >= 15 is 0 Å². The summed E-state index contributed by atoms with van der Waals surface area (Å²) < 4.78 is 0. The molecule has 0 amide bonds. The molecular weight excluding hydrogens is 260 g/mol. The zero-order chi connectivity index (χ0) is 13.3. The first kappa shape index (κ1) is 13.5. The maximum absolute atomic E-state index is 12.1. The topological polar surface area (TPSA) is 17.1 Å². The Kier molecular flexibility index (Phi) is 4.03. The van der Waals surface area contributed by atoms with Gasteiger partial charge in [0.1, 0.15) is 5.78 Å². The van der Waals surface area contributed by atoms with E-state index in [1.807, 2.05) is 0 Å². The molecule has 2 aromatic rings. The Morgan fingerprint density at radius 3 is 1.56 bits per heavy atom. The fourth-order valence-electron chi connectivity index (χ4n) is 1.88. The molecule has 0 atom stereocenters. The van der Waals surface area contributed by atoms with E-state index in [1.165, 1.54) is 32.0 Å². The van der Waals surface area contributed by atoms with Crippen LogP contribution in [0.25, 0.3) is 0 Å². The molecule has 3 heteroatoms. The van der Waals surface area contributed by atoms with Gasteiger partial charge < -0.3 is 0 Å². The average Bonchev–Trinajstić information content (AvgIpc) is 2.80. The zero-order valence-electron chi connectivity index (χ0n) is 11.3. The molecule has 0 aliphatic heterocycles. The highest BCUT2D eigenvalue weighted by Gasteiger charge is 2.13. The Morgan fingerprint density at radius 1 is 0.889 bits per heavy atom. The van der Waals surface area contributed by atoms with E-state index < -0.39 is 0 Å². The maximum atomic E-state index is 12.1. The second kappa shape index (κ2) is 5.37. The Labute approximate surface area is 116 Å². The van der Waals surface area contributed by atoms with E-state index in [2.05, 4.69) is 38.5 Å². The van der Waals surface area contributed by atoms with Gasteiger partial charge in [-0.3, -0.25) is 4.79 Å². The molecule has 0 fully saturated rings. The molecule has 0 aliphatic rings. The minimum atomic E-state index is 0.324. The first-order valence-corrected chi connectivity index (χ1v) is 7.83. The molecule has 0 saturated heterocycles. The molecule has 96 valence electrons. The van der Waals surface area contributed by atoms with Crippen molar-refractivity contribution < 1.29 is 4.79 Å². The molecular formula is C15H18OS2. The molecule has 1 nitrogen and oxygen atoms in total. The van der Waals surface area contributed by atoms with Crippen LogP contribution in [-0.4, -0.2) is 5.78 Å². The van der Waals surface area contributed by atoms with Crippen molar-refractivity contribution in [3.63, 3.8) is 0 Å². The van der Waals surface area contributed by atoms with Gasteiger partial charge in [-0.15, -0.1) is 22.7 Å². The summed E-state index contributed by atoms with van der Waals surface area (Å²) in [6.07, 6.45) is 1.17. The monoisotopic (exact) mass is 278 g/mol. The Morgan fingerprint density at radius 2 is 1.28 bits per heavy atom. The first-order chi connectivity index (χ1) is 8.49. The third kappa shape index (κ3) is 2.73. The minimum Gasteiger partial charge on any atom is -0.299 e. The van der Waals surface area contributed by atoms with Gasteiger partial charge in [-0.2, -0.15) is 0 Å². The van der Waals surface area contributed by atoms with Crippen molar-refractivity contribution in [3.05, 3.63) is 42.8 Å². The van der Waals surface area contributed by atoms with Gasteiger partial charge in [0.15, 0.2) is 0 Å². The van der Waals surface area contributed by atoms with E-state index in [1.54, 1.807) is 22.7 Å². The second-order valence-corrected chi connectivity index (χ2v) is 6.75. The SMILES string of the molecule is Cc1csc(CC(=O)Cc2scc(C)c2C)c1C. The number of hydrogen-bond donors (Lipinski definition) is 0. The summed E-state index contributed by atoms with van der Waals surface area (Å²) in [6, 6.07) is 0. The van der Waals surface area contributed by atoms with Crippen LogP contribution in [0.5, 0.6) is 0 Å². The van der Waals surface area contributed by atoms with Crippen LogP contribution in [-0.2, 0) is 17.6 Å². The number of hydrogen-bond acceptors (Lipinski definition) is 3. The molecule has 0 bridgehead atoms. The number of thiophene rings is 2. The quantitative estimate of drug-likeness (QED) is 0.810. The molecule has 0 saturated carbocycles. The average molecular weight is 278 g/mol. The second-order valence-electron chi connectivity index (χ2n) is 4.83. The number of aryl methyl sites for hydroxylation is 2. The molecule has 0 spiro atoms. The fourth-order valence-corrected chi connectivity index (χ4v) is 4.04. The summed E-state index contributed by atoms with van der Waals surface area (Å²) in [6.45, 7) is 8.42. The van der Waals surface area contributed by atoms with Crippen molar-refractivity contribution in [2.24, 2.45) is 0 Å². The maximum Gasteiger partial charge on any atom is 0.143 e. The summed E-state index contributed by atoms with van der Waals surface area (Å²) in [7, 11) is 0. The van der Waals surface area contributed by atoms with Crippen LogP contribution in [0, 0.1) is 27.7 Å². The van der Waals surface area contributed by atoms with Crippen molar-refractivity contribution in [2.45, 2.75) is 40.5 Å². The van der Waals surface area contributed by atoms with E-state index in [0.717, 1.165) is 0 Å². The summed E-state index contributed by atoms with van der Waals surface area (Å²) in [5.74, 6) is 0.324. The number of carbonyl (C=O) groups excluding carboxylic acids is 1. The van der Waals surface area contributed by atoms with Crippen LogP contribution in [0.15, 0.2) is 10.8 Å². The number of Topliss-reactive ketones (excluding diaryl/α,β-unsaturated/α-hetero) is 1. The number of ketones is 1. The fraction of sp³-hybridized carbons (Fsp3) is 0.400. The van der Waals surface area contributed by atoms with Crippen LogP contribution < -0.4 is 0 Å². The summed E-state index contributed by atoms with van der Waals surface area (Å²) in [5.41, 5.74) is 5.16. The Hall–Kier alpha value is -0.930. The summed E-state index contributed by atoms with van der Waals surface area (Å²) >= 11 is 3.41. The molecule has 0 aromatic carbocycles. The van der Waals surface area contributed by atoms with Crippen LogP contribution in [0.1, 0.15) is 32.0 Å². The molecule has 0 N–H and O–H groups in total. The highest BCUT2D eigenvalue weighted by molar-refractivity contribution is 7.10. The van der Waals surface area contributed by atoms with Gasteiger partial charge in [-0.25, -0.2) is 0 Å². The largest absolute Gasteiger partial charge is 0.299 e. The molecule has 2 aromatic heterocycles.